The highest BCUT2D eigenvalue weighted by molar-refractivity contribution is 6.31. The molecular weight excluding hydrogens is 236 g/mol. The highest BCUT2D eigenvalue weighted by atomic mass is 35.5. The first-order chi connectivity index (χ1) is 8.25. The quantitative estimate of drug-likeness (QED) is 0.665. The van der Waals surface area contributed by atoms with E-state index in [4.69, 9.17) is 16.0 Å². The summed E-state index contributed by atoms with van der Waals surface area (Å²) in [5.74, 6) is 1.60. The van der Waals surface area contributed by atoms with Crippen molar-refractivity contribution in [1.82, 2.24) is 5.43 Å². The van der Waals surface area contributed by atoms with Gasteiger partial charge in [0.25, 0.3) is 0 Å². The summed E-state index contributed by atoms with van der Waals surface area (Å²) >= 11 is 6.01. The SMILES string of the molecule is Cc1ccc(/C=N\NCc2ccccc2Cl)o1. The molecule has 0 aliphatic carbocycles. The molecule has 0 spiro atoms. The fourth-order valence-corrected chi connectivity index (χ4v) is 1.61. The van der Waals surface area contributed by atoms with Crippen LogP contribution in [0.3, 0.4) is 0 Å². The summed E-state index contributed by atoms with van der Waals surface area (Å²) in [4.78, 5) is 0. The molecule has 1 N–H and O–H groups in total. The van der Waals surface area contributed by atoms with Crippen LogP contribution in [0.2, 0.25) is 5.02 Å². The van der Waals surface area contributed by atoms with Crippen molar-refractivity contribution in [2.24, 2.45) is 5.10 Å². The van der Waals surface area contributed by atoms with Gasteiger partial charge in [-0.15, -0.1) is 0 Å². The molecule has 0 saturated carbocycles. The number of rotatable bonds is 4. The summed E-state index contributed by atoms with van der Waals surface area (Å²) in [7, 11) is 0. The average Bonchev–Trinajstić information content (AvgIpc) is 2.73. The van der Waals surface area contributed by atoms with Crippen LogP contribution in [-0.4, -0.2) is 6.21 Å². The predicted octanol–water partition coefficient (Wildman–Crippen LogP) is 3.37. The van der Waals surface area contributed by atoms with E-state index < -0.39 is 0 Å². The van der Waals surface area contributed by atoms with Gasteiger partial charge in [0, 0.05) is 5.02 Å². The van der Waals surface area contributed by atoms with Gasteiger partial charge in [0.15, 0.2) is 0 Å². The average molecular weight is 249 g/mol. The number of nitrogens with zero attached hydrogens (tertiary/aromatic N) is 1. The van der Waals surface area contributed by atoms with Crippen LogP contribution >= 0.6 is 11.6 Å². The monoisotopic (exact) mass is 248 g/mol. The third-order valence-electron chi connectivity index (χ3n) is 2.27. The molecular formula is C13H13ClN2O. The zero-order valence-electron chi connectivity index (χ0n) is 9.48. The molecule has 2 rings (SSSR count). The van der Waals surface area contributed by atoms with E-state index in [2.05, 4.69) is 10.5 Å². The highest BCUT2D eigenvalue weighted by Crippen LogP contribution is 2.14. The Morgan fingerprint density at radius 1 is 1.29 bits per heavy atom. The number of furan rings is 1. The molecule has 1 aromatic heterocycles. The molecule has 0 bridgehead atoms. The van der Waals surface area contributed by atoms with Crippen LogP contribution in [0.4, 0.5) is 0 Å². The van der Waals surface area contributed by atoms with Crippen LogP contribution in [0.5, 0.6) is 0 Å². The summed E-state index contributed by atoms with van der Waals surface area (Å²) in [6, 6.07) is 11.4. The third kappa shape index (κ3) is 3.36. The summed E-state index contributed by atoms with van der Waals surface area (Å²) < 4.78 is 5.34. The smallest absolute Gasteiger partial charge is 0.147 e. The maximum Gasteiger partial charge on any atom is 0.147 e. The molecule has 1 heterocycles. The lowest BCUT2D eigenvalue weighted by atomic mass is 10.2. The predicted molar refractivity (Wildman–Crippen MR) is 69.3 cm³/mol. The minimum Gasteiger partial charge on any atom is -0.460 e. The maximum atomic E-state index is 6.01. The molecule has 0 radical (unpaired) electrons. The molecule has 0 atom stereocenters. The molecule has 3 nitrogen and oxygen atoms in total. The van der Waals surface area contributed by atoms with Gasteiger partial charge < -0.3 is 9.84 Å². The summed E-state index contributed by atoms with van der Waals surface area (Å²) in [6.45, 7) is 2.49. The fraction of sp³-hybridized carbons (Fsp3) is 0.154. The van der Waals surface area contributed by atoms with Crippen molar-refractivity contribution >= 4 is 17.8 Å². The third-order valence-corrected chi connectivity index (χ3v) is 2.64. The number of aryl methyl sites for hydroxylation is 1. The van der Waals surface area contributed by atoms with Crippen LogP contribution in [0, 0.1) is 6.92 Å². The van der Waals surface area contributed by atoms with E-state index in [0.29, 0.717) is 6.54 Å². The Kier molecular flexibility index (Phi) is 3.83. The van der Waals surface area contributed by atoms with Gasteiger partial charge in [0.05, 0.1) is 12.8 Å². The molecule has 0 amide bonds. The zero-order chi connectivity index (χ0) is 12.1. The van der Waals surface area contributed by atoms with E-state index in [0.717, 1.165) is 22.1 Å². The largest absolute Gasteiger partial charge is 0.460 e. The van der Waals surface area contributed by atoms with Gasteiger partial charge in [-0.25, -0.2) is 0 Å². The Bertz CT molecular complexity index is 520. The molecule has 1 aromatic carbocycles. The van der Waals surface area contributed by atoms with E-state index in [-0.39, 0.29) is 0 Å². The minimum atomic E-state index is 0.593. The van der Waals surface area contributed by atoms with E-state index in [1.165, 1.54) is 0 Å². The molecule has 0 aliphatic rings. The number of nitrogens with one attached hydrogen (secondary N) is 1. The topological polar surface area (TPSA) is 37.5 Å². The number of hydrogen-bond donors (Lipinski definition) is 1. The Morgan fingerprint density at radius 2 is 2.12 bits per heavy atom. The lowest BCUT2D eigenvalue weighted by molar-refractivity contribution is 0.527. The second-order valence-electron chi connectivity index (χ2n) is 3.63. The summed E-state index contributed by atoms with van der Waals surface area (Å²) in [6.07, 6.45) is 1.64. The minimum absolute atomic E-state index is 0.593. The molecule has 88 valence electrons. The second-order valence-corrected chi connectivity index (χ2v) is 4.04. The van der Waals surface area contributed by atoms with E-state index in [1.54, 1.807) is 6.21 Å². The number of hydrogen-bond acceptors (Lipinski definition) is 3. The van der Waals surface area contributed by atoms with Gasteiger partial charge in [-0.1, -0.05) is 29.8 Å². The molecule has 0 aliphatic heterocycles. The lowest BCUT2D eigenvalue weighted by Crippen LogP contribution is -2.05. The number of halogens is 1. The van der Waals surface area contributed by atoms with E-state index >= 15 is 0 Å². The van der Waals surface area contributed by atoms with Gasteiger partial charge in [-0.05, 0) is 30.7 Å². The van der Waals surface area contributed by atoms with Crippen molar-refractivity contribution in [3.8, 4) is 0 Å². The van der Waals surface area contributed by atoms with Gasteiger partial charge in [0.2, 0.25) is 0 Å². The van der Waals surface area contributed by atoms with E-state index in [9.17, 15) is 0 Å². The summed E-state index contributed by atoms with van der Waals surface area (Å²) in [5.41, 5.74) is 3.94. The molecule has 0 saturated heterocycles. The number of hydrazone groups is 1. The molecule has 4 heteroatoms. The fourth-order valence-electron chi connectivity index (χ4n) is 1.40. The van der Waals surface area contributed by atoms with E-state index in [1.807, 2.05) is 43.3 Å². The van der Waals surface area contributed by atoms with Gasteiger partial charge in [-0.2, -0.15) is 5.10 Å². The van der Waals surface area contributed by atoms with Crippen molar-refractivity contribution in [3.05, 3.63) is 58.5 Å². The first-order valence-electron chi connectivity index (χ1n) is 5.31. The highest BCUT2D eigenvalue weighted by Gasteiger charge is 1.97. The summed E-state index contributed by atoms with van der Waals surface area (Å²) in [5, 5.41) is 4.80. The Balaban J connectivity index is 1.88. The maximum absolute atomic E-state index is 6.01. The first-order valence-corrected chi connectivity index (χ1v) is 5.69. The van der Waals surface area contributed by atoms with Gasteiger partial charge in [-0.3, -0.25) is 0 Å². The Labute approximate surface area is 105 Å². The van der Waals surface area contributed by atoms with Crippen LogP contribution in [-0.2, 0) is 6.54 Å². The molecule has 17 heavy (non-hydrogen) atoms. The number of benzene rings is 1. The molecule has 0 fully saturated rings. The van der Waals surface area contributed by atoms with Crippen LogP contribution < -0.4 is 5.43 Å². The Morgan fingerprint density at radius 3 is 2.82 bits per heavy atom. The Hall–Kier alpha value is -1.74. The van der Waals surface area contributed by atoms with Crippen LogP contribution in [0.1, 0.15) is 17.1 Å². The normalized spacial score (nSPS) is 10.9. The standard InChI is InChI=1S/C13H13ClN2O/c1-10-6-7-12(17-10)9-16-15-8-11-4-2-3-5-13(11)14/h2-7,9,15H,8H2,1H3/b16-9-. The van der Waals surface area contributed by atoms with Gasteiger partial charge in [0.1, 0.15) is 11.5 Å². The van der Waals surface area contributed by atoms with Crippen molar-refractivity contribution in [2.75, 3.05) is 0 Å². The van der Waals surface area contributed by atoms with Crippen molar-refractivity contribution in [2.45, 2.75) is 13.5 Å². The zero-order valence-corrected chi connectivity index (χ0v) is 10.2. The molecule has 2 aromatic rings. The lowest BCUT2D eigenvalue weighted by Gasteiger charge is -2.02. The molecule has 0 unspecified atom stereocenters. The van der Waals surface area contributed by atoms with Gasteiger partial charge >= 0.3 is 0 Å². The van der Waals surface area contributed by atoms with Crippen molar-refractivity contribution in [1.29, 1.82) is 0 Å². The first kappa shape index (κ1) is 11.7. The van der Waals surface area contributed by atoms with Crippen molar-refractivity contribution < 1.29 is 4.42 Å². The second kappa shape index (κ2) is 5.55. The van der Waals surface area contributed by atoms with Crippen LogP contribution in [0.25, 0.3) is 0 Å². The van der Waals surface area contributed by atoms with Crippen LogP contribution in [0.15, 0.2) is 45.9 Å². The van der Waals surface area contributed by atoms with Crippen molar-refractivity contribution in [3.63, 3.8) is 0 Å².